The van der Waals surface area contributed by atoms with Crippen molar-refractivity contribution in [1.29, 1.82) is 0 Å². The molecule has 2 aromatic carbocycles. The van der Waals surface area contributed by atoms with Gasteiger partial charge in [0.15, 0.2) is 0 Å². The van der Waals surface area contributed by atoms with E-state index in [1.165, 1.54) is 32.1 Å². The van der Waals surface area contributed by atoms with Gasteiger partial charge in [0.2, 0.25) is 5.91 Å². The fourth-order valence-electron chi connectivity index (χ4n) is 5.13. The number of likely N-dealkylation sites (tertiary alicyclic amines) is 1. The Balaban J connectivity index is 1.27. The molecule has 8 heteroatoms. The Kier molecular flexibility index (Phi) is 7.69. The van der Waals surface area contributed by atoms with Crippen LogP contribution in [0.1, 0.15) is 49.9 Å². The second-order valence-electron chi connectivity index (χ2n) is 9.35. The van der Waals surface area contributed by atoms with Crippen molar-refractivity contribution in [3.63, 3.8) is 0 Å². The number of H-pyrrole nitrogens is 1. The number of hydrogen-bond acceptors (Lipinski definition) is 4. The van der Waals surface area contributed by atoms with Gasteiger partial charge < -0.3 is 10.3 Å². The van der Waals surface area contributed by atoms with Crippen LogP contribution in [-0.2, 0) is 17.9 Å². The third-order valence-corrected chi connectivity index (χ3v) is 9.03. The zero-order valence-corrected chi connectivity index (χ0v) is 21.4. The number of benzene rings is 2. The highest BCUT2D eigenvalue weighted by Gasteiger charge is 2.38. The van der Waals surface area contributed by atoms with Crippen molar-refractivity contribution in [2.24, 2.45) is 0 Å². The number of carbonyl (C=O) groups is 1. The van der Waals surface area contributed by atoms with Crippen molar-refractivity contribution in [3.05, 3.63) is 63.9 Å². The Morgan fingerprint density at radius 2 is 1.94 bits per heavy atom. The van der Waals surface area contributed by atoms with Crippen LogP contribution >= 0.6 is 35.0 Å². The van der Waals surface area contributed by atoms with E-state index in [0.717, 1.165) is 40.6 Å². The fourth-order valence-corrected chi connectivity index (χ4v) is 7.32. The number of aromatic nitrogens is 2. The van der Waals surface area contributed by atoms with Gasteiger partial charge in [-0.2, -0.15) is 11.8 Å². The third-order valence-electron chi connectivity index (χ3n) is 6.86. The van der Waals surface area contributed by atoms with Crippen molar-refractivity contribution in [1.82, 2.24) is 20.2 Å². The molecule has 1 aliphatic carbocycles. The van der Waals surface area contributed by atoms with E-state index in [9.17, 15) is 4.79 Å². The summed E-state index contributed by atoms with van der Waals surface area (Å²) in [6.45, 7) is 1.92. The molecule has 1 aromatic heterocycles. The molecule has 0 spiro atoms. The topological polar surface area (TPSA) is 61.0 Å². The summed E-state index contributed by atoms with van der Waals surface area (Å²) in [4.78, 5) is 23.5. The highest BCUT2D eigenvalue weighted by atomic mass is 35.5. The molecule has 3 aromatic rings. The summed E-state index contributed by atoms with van der Waals surface area (Å²) in [6.07, 6.45) is 7.47. The van der Waals surface area contributed by atoms with Gasteiger partial charge in [0.1, 0.15) is 5.82 Å². The van der Waals surface area contributed by atoms with Crippen LogP contribution < -0.4 is 5.32 Å². The van der Waals surface area contributed by atoms with E-state index >= 15 is 0 Å². The number of nitrogens with one attached hydrogen (secondary N) is 2. The van der Waals surface area contributed by atoms with Crippen LogP contribution in [0.15, 0.2) is 42.5 Å². The van der Waals surface area contributed by atoms with Crippen LogP contribution in [0.25, 0.3) is 11.0 Å². The van der Waals surface area contributed by atoms with E-state index in [1.54, 1.807) is 6.07 Å². The lowest BCUT2D eigenvalue weighted by Crippen LogP contribution is -2.42. The summed E-state index contributed by atoms with van der Waals surface area (Å²) in [7, 11) is 0. The molecule has 180 valence electrons. The molecule has 2 unspecified atom stereocenters. The molecule has 34 heavy (non-hydrogen) atoms. The number of thioether (sulfide) groups is 1. The lowest BCUT2D eigenvalue weighted by Gasteiger charge is -2.25. The summed E-state index contributed by atoms with van der Waals surface area (Å²) in [5, 5.41) is 5.58. The normalized spacial score (nSPS) is 21.8. The van der Waals surface area contributed by atoms with Crippen molar-refractivity contribution in [3.8, 4) is 0 Å². The standard InChI is InChI=1S/C26H30Cl2N4OS/c27-18-11-10-17(21(28)12-18)15-32-16-20(34-19-6-2-1-3-7-19)13-24(32)26(33)29-14-25-30-22-8-4-5-9-23(22)31-25/h4-5,8-12,19-20,24H,1-3,6-7,13-16H2,(H,29,33)(H,30,31). The number of para-hydroxylation sites is 2. The number of fused-ring (bicyclic) bond motifs is 1. The molecule has 1 amide bonds. The molecular weight excluding hydrogens is 487 g/mol. The number of nitrogens with zero attached hydrogens (tertiary/aromatic N) is 2. The van der Waals surface area contributed by atoms with Gasteiger partial charge in [-0.15, -0.1) is 0 Å². The smallest absolute Gasteiger partial charge is 0.237 e. The summed E-state index contributed by atoms with van der Waals surface area (Å²) < 4.78 is 0. The maximum atomic E-state index is 13.4. The summed E-state index contributed by atoms with van der Waals surface area (Å²) in [5.41, 5.74) is 2.90. The van der Waals surface area contributed by atoms with Crippen LogP contribution in [0.4, 0.5) is 0 Å². The molecular formula is C26H30Cl2N4OS. The number of hydrogen-bond donors (Lipinski definition) is 2. The van der Waals surface area contributed by atoms with Gasteiger partial charge in [-0.05, 0) is 49.1 Å². The van der Waals surface area contributed by atoms with Crippen LogP contribution in [-0.4, -0.2) is 43.9 Å². The van der Waals surface area contributed by atoms with Gasteiger partial charge in [0.05, 0.1) is 23.6 Å². The predicted molar refractivity (Wildman–Crippen MR) is 141 cm³/mol. The van der Waals surface area contributed by atoms with Gasteiger partial charge in [-0.1, -0.05) is 60.7 Å². The van der Waals surface area contributed by atoms with E-state index < -0.39 is 0 Å². The highest BCUT2D eigenvalue weighted by molar-refractivity contribution is 8.00. The van der Waals surface area contributed by atoms with Crippen LogP contribution in [0, 0.1) is 0 Å². The zero-order valence-electron chi connectivity index (χ0n) is 19.1. The van der Waals surface area contributed by atoms with E-state index in [4.69, 9.17) is 23.2 Å². The first kappa shape index (κ1) is 24.0. The monoisotopic (exact) mass is 516 g/mol. The molecule has 2 heterocycles. The molecule has 0 radical (unpaired) electrons. The summed E-state index contributed by atoms with van der Waals surface area (Å²) >= 11 is 14.7. The second kappa shape index (κ2) is 10.9. The largest absolute Gasteiger partial charge is 0.348 e. The molecule has 5 nitrogen and oxygen atoms in total. The maximum Gasteiger partial charge on any atom is 0.237 e. The Labute approximate surface area is 215 Å². The fraction of sp³-hybridized carbons (Fsp3) is 0.462. The average Bonchev–Trinajstić information content (AvgIpc) is 3.43. The Morgan fingerprint density at radius 1 is 1.12 bits per heavy atom. The molecule has 2 atom stereocenters. The third kappa shape index (κ3) is 5.73. The van der Waals surface area contributed by atoms with Crippen molar-refractivity contribution in [2.45, 2.75) is 68.2 Å². The summed E-state index contributed by atoms with van der Waals surface area (Å²) in [5.74, 6) is 0.824. The number of carbonyl (C=O) groups excluding carboxylic acids is 1. The van der Waals surface area contributed by atoms with Crippen LogP contribution in [0.2, 0.25) is 10.0 Å². The number of amides is 1. The summed E-state index contributed by atoms with van der Waals surface area (Å²) in [6, 6.07) is 13.3. The second-order valence-corrected chi connectivity index (χ2v) is 11.8. The number of rotatable bonds is 7. The Bertz CT molecular complexity index is 1110. The minimum absolute atomic E-state index is 0.0530. The minimum Gasteiger partial charge on any atom is -0.348 e. The minimum atomic E-state index is -0.183. The number of halogens is 2. The predicted octanol–water partition coefficient (Wildman–Crippen LogP) is 6.19. The van der Waals surface area contributed by atoms with Gasteiger partial charge in [-0.3, -0.25) is 9.69 Å². The van der Waals surface area contributed by atoms with E-state index in [-0.39, 0.29) is 11.9 Å². The van der Waals surface area contributed by atoms with Crippen molar-refractivity contribution < 1.29 is 4.79 Å². The van der Waals surface area contributed by atoms with E-state index in [2.05, 4.69) is 31.9 Å². The van der Waals surface area contributed by atoms with Crippen molar-refractivity contribution >= 4 is 51.9 Å². The van der Waals surface area contributed by atoms with Crippen LogP contribution in [0.5, 0.6) is 0 Å². The zero-order chi connectivity index (χ0) is 23.5. The highest BCUT2D eigenvalue weighted by Crippen LogP contribution is 2.37. The quantitative estimate of drug-likeness (QED) is 0.392. The number of aromatic amines is 1. The average molecular weight is 518 g/mol. The maximum absolute atomic E-state index is 13.4. The first-order chi connectivity index (χ1) is 16.5. The molecule has 0 bridgehead atoms. The molecule has 2 fully saturated rings. The number of imidazole rings is 1. The Morgan fingerprint density at radius 3 is 2.74 bits per heavy atom. The van der Waals surface area contributed by atoms with Gasteiger partial charge in [-0.25, -0.2) is 4.98 Å². The molecule has 1 saturated heterocycles. The van der Waals surface area contributed by atoms with Gasteiger partial charge in [0, 0.05) is 33.6 Å². The Hall–Kier alpha value is -1.73. The van der Waals surface area contributed by atoms with E-state index in [0.29, 0.717) is 28.4 Å². The first-order valence-corrected chi connectivity index (χ1v) is 13.8. The molecule has 2 N–H and O–H groups in total. The lowest BCUT2D eigenvalue weighted by molar-refractivity contribution is -0.125. The van der Waals surface area contributed by atoms with Gasteiger partial charge >= 0.3 is 0 Å². The van der Waals surface area contributed by atoms with Crippen LogP contribution in [0.3, 0.4) is 0 Å². The SMILES string of the molecule is O=C(NCc1nc2ccccc2[nH]1)C1CC(SC2CCCCC2)CN1Cc1ccc(Cl)cc1Cl. The van der Waals surface area contributed by atoms with E-state index in [1.807, 2.05) is 36.4 Å². The van der Waals surface area contributed by atoms with Gasteiger partial charge in [0.25, 0.3) is 0 Å². The molecule has 2 aliphatic rings. The first-order valence-electron chi connectivity index (χ1n) is 12.1. The molecule has 5 rings (SSSR count). The lowest BCUT2D eigenvalue weighted by atomic mass is 10.0. The molecule has 1 aliphatic heterocycles. The van der Waals surface area contributed by atoms with Crippen molar-refractivity contribution in [2.75, 3.05) is 6.54 Å². The molecule has 1 saturated carbocycles.